The molecule has 1 amide bonds. The van der Waals surface area contributed by atoms with Crippen LogP contribution in [0.3, 0.4) is 0 Å². The highest BCUT2D eigenvalue weighted by atomic mass is 32.2. The van der Waals surface area contributed by atoms with Crippen LogP contribution in [0.15, 0.2) is 50.8 Å². The molecule has 0 spiro atoms. The smallest absolute Gasteiger partial charge is 0.271 e. The summed E-state index contributed by atoms with van der Waals surface area (Å²) >= 11 is 0. The standard InChI is InChI=1S/C20H23N3O4S/c1-14-12-18(14)19-9-6-16(27-19)13-21-22-20(24)15-4-7-17(8-5-15)28(25,26)23-10-2-3-11-23/h4-9,13-14,18H,2-3,10-12H2,1H3,(H,22,24)/b21-13-/t14-,18-/m1/s1. The van der Waals surface area contributed by atoms with E-state index in [-0.39, 0.29) is 4.90 Å². The van der Waals surface area contributed by atoms with E-state index < -0.39 is 15.9 Å². The first-order chi connectivity index (χ1) is 13.4. The summed E-state index contributed by atoms with van der Waals surface area (Å²) in [5.74, 6) is 2.28. The van der Waals surface area contributed by atoms with Crippen molar-refractivity contribution >= 4 is 22.1 Å². The highest BCUT2D eigenvalue weighted by Crippen LogP contribution is 2.47. The van der Waals surface area contributed by atoms with Crippen molar-refractivity contribution in [3.63, 3.8) is 0 Å². The van der Waals surface area contributed by atoms with E-state index >= 15 is 0 Å². The molecule has 8 heteroatoms. The largest absolute Gasteiger partial charge is 0.460 e. The molecule has 4 rings (SSSR count). The molecule has 148 valence electrons. The van der Waals surface area contributed by atoms with Crippen molar-refractivity contribution in [2.24, 2.45) is 11.0 Å². The van der Waals surface area contributed by atoms with E-state index in [1.165, 1.54) is 34.8 Å². The Morgan fingerprint density at radius 1 is 1.18 bits per heavy atom. The van der Waals surface area contributed by atoms with Crippen molar-refractivity contribution in [1.29, 1.82) is 0 Å². The SMILES string of the molecule is C[C@@H]1C[C@H]1c1ccc(/C=N\NC(=O)c2ccc(S(=O)(=O)N3CCCC3)cc2)o1. The third kappa shape index (κ3) is 3.88. The van der Waals surface area contributed by atoms with Gasteiger partial charge in [0.1, 0.15) is 11.5 Å². The first kappa shape index (κ1) is 18.9. The molecule has 2 atom stereocenters. The van der Waals surface area contributed by atoms with E-state index in [4.69, 9.17) is 4.42 Å². The van der Waals surface area contributed by atoms with Gasteiger partial charge in [-0.1, -0.05) is 6.92 Å². The van der Waals surface area contributed by atoms with E-state index in [1.807, 2.05) is 12.1 Å². The van der Waals surface area contributed by atoms with Gasteiger partial charge < -0.3 is 4.42 Å². The molecule has 1 saturated heterocycles. The number of carbonyl (C=O) groups is 1. The maximum Gasteiger partial charge on any atom is 0.271 e. The number of nitrogens with zero attached hydrogens (tertiary/aromatic N) is 2. The highest BCUT2D eigenvalue weighted by Gasteiger charge is 2.36. The molecule has 0 radical (unpaired) electrons. The van der Waals surface area contributed by atoms with Gasteiger partial charge in [0.15, 0.2) is 0 Å². The first-order valence-electron chi connectivity index (χ1n) is 9.48. The van der Waals surface area contributed by atoms with E-state index in [2.05, 4.69) is 17.5 Å². The molecule has 1 aliphatic heterocycles. The fraction of sp³-hybridized carbons (Fsp3) is 0.400. The maximum atomic E-state index is 12.5. The van der Waals surface area contributed by atoms with Gasteiger partial charge in [-0.05, 0) is 61.6 Å². The normalized spacial score (nSPS) is 22.6. The minimum atomic E-state index is -3.48. The molecule has 28 heavy (non-hydrogen) atoms. The molecule has 1 aliphatic carbocycles. The molecule has 0 unspecified atom stereocenters. The van der Waals surface area contributed by atoms with Crippen molar-refractivity contribution in [1.82, 2.24) is 9.73 Å². The third-order valence-corrected chi connectivity index (χ3v) is 7.21. The average molecular weight is 401 g/mol. The number of carbonyl (C=O) groups excluding carboxylic acids is 1. The van der Waals surface area contributed by atoms with Crippen LogP contribution in [0.1, 0.15) is 54.0 Å². The van der Waals surface area contributed by atoms with Crippen LogP contribution < -0.4 is 5.43 Å². The fourth-order valence-corrected chi connectivity index (χ4v) is 4.95. The summed E-state index contributed by atoms with van der Waals surface area (Å²) in [6.45, 7) is 3.28. The van der Waals surface area contributed by atoms with Crippen LogP contribution in [-0.4, -0.2) is 37.9 Å². The molecule has 1 N–H and O–H groups in total. The minimum Gasteiger partial charge on any atom is -0.460 e. The van der Waals surface area contributed by atoms with Gasteiger partial charge in [0.05, 0.1) is 11.1 Å². The summed E-state index contributed by atoms with van der Waals surface area (Å²) < 4.78 is 32.2. The molecule has 1 aromatic heterocycles. The molecule has 2 fully saturated rings. The molecule has 1 saturated carbocycles. The van der Waals surface area contributed by atoms with Crippen LogP contribution >= 0.6 is 0 Å². The Bertz CT molecular complexity index is 989. The average Bonchev–Trinajstić information content (AvgIpc) is 3.12. The number of amides is 1. The lowest BCUT2D eigenvalue weighted by atomic mass is 10.2. The molecular weight excluding hydrogens is 378 g/mol. The summed E-state index contributed by atoms with van der Waals surface area (Å²) in [5, 5.41) is 3.92. The second-order valence-corrected chi connectivity index (χ2v) is 9.33. The van der Waals surface area contributed by atoms with E-state index in [9.17, 15) is 13.2 Å². The van der Waals surface area contributed by atoms with Crippen LogP contribution in [0.25, 0.3) is 0 Å². The monoisotopic (exact) mass is 401 g/mol. The van der Waals surface area contributed by atoms with Gasteiger partial charge in [0, 0.05) is 24.6 Å². The minimum absolute atomic E-state index is 0.201. The van der Waals surface area contributed by atoms with E-state index in [0.29, 0.717) is 36.2 Å². The second-order valence-electron chi connectivity index (χ2n) is 7.39. The lowest BCUT2D eigenvalue weighted by Crippen LogP contribution is -2.28. The number of rotatable bonds is 6. The van der Waals surface area contributed by atoms with Crippen LogP contribution in [-0.2, 0) is 10.0 Å². The fourth-order valence-electron chi connectivity index (χ4n) is 3.43. The van der Waals surface area contributed by atoms with E-state index in [1.54, 1.807) is 0 Å². The van der Waals surface area contributed by atoms with Crippen molar-refractivity contribution in [3.05, 3.63) is 53.5 Å². The molecule has 1 aromatic carbocycles. The predicted octanol–water partition coefficient (Wildman–Crippen LogP) is 2.95. The summed E-state index contributed by atoms with van der Waals surface area (Å²) in [6.07, 6.45) is 4.37. The molecule has 2 aromatic rings. The molecule has 0 bridgehead atoms. The molecule has 7 nitrogen and oxygen atoms in total. The zero-order chi connectivity index (χ0) is 19.7. The number of furan rings is 1. The van der Waals surface area contributed by atoms with Crippen molar-refractivity contribution in [2.75, 3.05) is 13.1 Å². The Hall–Kier alpha value is -2.45. The maximum absolute atomic E-state index is 12.5. The van der Waals surface area contributed by atoms with Gasteiger partial charge in [-0.3, -0.25) is 4.79 Å². The molecule has 2 heterocycles. The summed E-state index contributed by atoms with van der Waals surface area (Å²) in [6, 6.07) is 9.68. The third-order valence-electron chi connectivity index (χ3n) is 5.30. The Labute approximate surface area is 164 Å². The number of hydrazone groups is 1. The van der Waals surface area contributed by atoms with Gasteiger partial charge in [-0.25, -0.2) is 13.8 Å². The number of benzene rings is 1. The van der Waals surface area contributed by atoms with Gasteiger partial charge in [-0.15, -0.1) is 0 Å². The van der Waals surface area contributed by atoms with Crippen LogP contribution in [0, 0.1) is 5.92 Å². The topological polar surface area (TPSA) is 92.0 Å². The number of nitrogens with one attached hydrogen (secondary N) is 1. The van der Waals surface area contributed by atoms with Gasteiger partial charge in [0.2, 0.25) is 10.0 Å². The molecular formula is C20H23N3O4S. The van der Waals surface area contributed by atoms with Crippen molar-refractivity contribution in [3.8, 4) is 0 Å². The highest BCUT2D eigenvalue weighted by molar-refractivity contribution is 7.89. The molecule has 2 aliphatic rings. The Balaban J connectivity index is 1.36. The van der Waals surface area contributed by atoms with Crippen molar-refractivity contribution in [2.45, 2.75) is 37.0 Å². The van der Waals surface area contributed by atoms with Gasteiger partial charge in [0.25, 0.3) is 5.91 Å². The summed E-state index contributed by atoms with van der Waals surface area (Å²) in [4.78, 5) is 12.4. The predicted molar refractivity (Wildman–Crippen MR) is 105 cm³/mol. The van der Waals surface area contributed by atoms with Crippen LogP contribution in [0.4, 0.5) is 0 Å². The zero-order valence-electron chi connectivity index (χ0n) is 15.7. The lowest BCUT2D eigenvalue weighted by Gasteiger charge is -2.15. The quantitative estimate of drug-likeness (QED) is 0.595. The Morgan fingerprint density at radius 3 is 2.50 bits per heavy atom. The zero-order valence-corrected chi connectivity index (χ0v) is 16.5. The van der Waals surface area contributed by atoms with Crippen LogP contribution in [0.2, 0.25) is 0 Å². The number of hydrogen-bond donors (Lipinski definition) is 1. The number of hydrogen-bond acceptors (Lipinski definition) is 5. The summed E-state index contributed by atoms with van der Waals surface area (Å²) in [7, 11) is -3.48. The van der Waals surface area contributed by atoms with Gasteiger partial charge in [-0.2, -0.15) is 9.41 Å². The number of sulfonamides is 1. The lowest BCUT2D eigenvalue weighted by molar-refractivity contribution is 0.0955. The van der Waals surface area contributed by atoms with Crippen molar-refractivity contribution < 1.29 is 17.6 Å². The van der Waals surface area contributed by atoms with Crippen LogP contribution in [0.5, 0.6) is 0 Å². The second kappa shape index (κ2) is 7.52. The summed E-state index contributed by atoms with van der Waals surface area (Å²) in [5.41, 5.74) is 2.77. The Kier molecular flexibility index (Phi) is 5.07. The Morgan fingerprint density at radius 2 is 1.86 bits per heavy atom. The van der Waals surface area contributed by atoms with Gasteiger partial charge >= 0.3 is 0 Å². The first-order valence-corrected chi connectivity index (χ1v) is 10.9. The van der Waals surface area contributed by atoms with E-state index in [0.717, 1.165) is 25.0 Å².